The van der Waals surface area contributed by atoms with Gasteiger partial charge in [0.1, 0.15) is 0 Å². The SMILES string of the molecule is Cc1cccc2c1N1[C@@H](C)c3scnc3C1(C)C(C)(C)C2(C)C. The maximum absolute atomic E-state index is 4.84. The Hall–Kier alpha value is -1.35. The van der Waals surface area contributed by atoms with Gasteiger partial charge in [0.2, 0.25) is 0 Å². The van der Waals surface area contributed by atoms with Crippen LogP contribution >= 0.6 is 11.3 Å². The first kappa shape index (κ1) is 15.2. The lowest BCUT2D eigenvalue weighted by Crippen LogP contribution is -2.62. The Morgan fingerprint density at radius 2 is 1.83 bits per heavy atom. The van der Waals surface area contributed by atoms with E-state index in [1.165, 1.54) is 27.4 Å². The van der Waals surface area contributed by atoms with Crippen molar-refractivity contribution in [3.63, 3.8) is 0 Å². The largest absolute Gasteiger partial charge is 0.352 e. The Kier molecular flexibility index (Phi) is 2.76. The lowest BCUT2D eigenvalue weighted by atomic mass is 9.52. The minimum atomic E-state index is -0.0790. The third-order valence-electron chi connectivity index (χ3n) is 7.24. The fourth-order valence-electron chi connectivity index (χ4n) is 4.98. The minimum absolute atomic E-state index is 0.0639. The number of hydrogen-bond donors (Lipinski definition) is 0. The smallest absolute Gasteiger partial charge is 0.0873 e. The van der Waals surface area contributed by atoms with Gasteiger partial charge >= 0.3 is 0 Å². The van der Waals surface area contributed by atoms with Crippen LogP contribution in [0, 0.1) is 12.3 Å². The molecule has 2 aliphatic rings. The molecule has 2 aliphatic heterocycles. The molecular weight excluding hydrogens is 300 g/mol. The molecule has 4 rings (SSSR count). The van der Waals surface area contributed by atoms with Crippen molar-refractivity contribution in [3.05, 3.63) is 45.4 Å². The third-order valence-corrected chi connectivity index (χ3v) is 8.24. The van der Waals surface area contributed by atoms with Crippen LogP contribution in [-0.4, -0.2) is 4.98 Å². The monoisotopic (exact) mass is 326 g/mol. The molecule has 0 spiro atoms. The van der Waals surface area contributed by atoms with E-state index in [9.17, 15) is 0 Å². The van der Waals surface area contributed by atoms with E-state index in [0.29, 0.717) is 6.04 Å². The van der Waals surface area contributed by atoms with Crippen molar-refractivity contribution in [3.8, 4) is 0 Å². The van der Waals surface area contributed by atoms with Crippen LogP contribution in [0.15, 0.2) is 23.7 Å². The Bertz CT molecular complexity index is 802. The number of para-hydroxylation sites is 1. The Morgan fingerprint density at radius 3 is 2.52 bits per heavy atom. The van der Waals surface area contributed by atoms with Gasteiger partial charge in [0, 0.05) is 11.1 Å². The van der Waals surface area contributed by atoms with Gasteiger partial charge < -0.3 is 4.90 Å². The van der Waals surface area contributed by atoms with E-state index < -0.39 is 0 Å². The molecule has 0 bridgehead atoms. The standard InChI is InChI=1S/C20H26N2S/c1-12-9-8-10-14-15(12)22-13(2)16-17(21-11-23-16)20(22,7)19(5,6)18(14,3)4/h8-11,13H,1-7H3/t13-,20?/m0/s1. The predicted molar refractivity (Wildman–Crippen MR) is 98.3 cm³/mol. The summed E-state index contributed by atoms with van der Waals surface area (Å²) in [6.45, 7) is 16.7. The summed E-state index contributed by atoms with van der Waals surface area (Å²) < 4.78 is 0. The quantitative estimate of drug-likeness (QED) is 0.629. The number of fused-ring (bicyclic) bond motifs is 5. The Labute approximate surface area is 143 Å². The molecule has 1 unspecified atom stereocenters. The second kappa shape index (κ2) is 4.18. The predicted octanol–water partition coefficient (Wildman–Crippen LogP) is 5.57. The van der Waals surface area contributed by atoms with Crippen molar-refractivity contribution in [1.82, 2.24) is 4.98 Å². The molecule has 2 nitrogen and oxygen atoms in total. The normalized spacial score (nSPS) is 29.9. The fraction of sp³-hybridized carbons (Fsp3) is 0.550. The van der Waals surface area contributed by atoms with E-state index in [-0.39, 0.29) is 16.4 Å². The molecule has 0 fully saturated rings. The summed E-state index contributed by atoms with van der Waals surface area (Å²) in [7, 11) is 0. The molecule has 0 N–H and O–H groups in total. The fourth-order valence-corrected chi connectivity index (χ4v) is 5.92. The van der Waals surface area contributed by atoms with Crippen molar-refractivity contribution >= 4 is 17.0 Å². The van der Waals surface area contributed by atoms with Gasteiger partial charge in [-0.15, -0.1) is 11.3 Å². The van der Waals surface area contributed by atoms with E-state index in [0.717, 1.165) is 0 Å². The number of anilines is 1. The molecule has 2 atom stereocenters. The van der Waals surface area contributed by atoms with Gasteiger partial charge in [-0.25, -0.2) is 4.98 Å². The lowest BCUT2D eigenvalue weighted by Gasteiger charge is -2.61. The molecule has 122 valence electrons. The van der Waals surface area contributed by atoms with E-state index in [1.807, 2.05) is 16.8 Å². The van der Waals surface area contributed by atoms with E-state index in [4.69, 9.17) is 4.98 Å². The molecule has 23 heavy (non-hydrogen) atoms. The van der Waals surface area contributed by atoms with Crippen LogP contribution in [0.2, 0.25) is 0 Å². The van der Waals surface area contributed by atoms with Crippen LogP contribution in [-0.2, 0) is 11.0 Å². The van der Waals surface area contributed by atoms with Gasteiger partial charge in [-0.05, 0) is 37.3 Å². The van der Waals surface area contributed by atoms with Gasteiger partial charge in [-0.1, -0.05) is 45.9 Å². The number of rotatable bonds is 0. The summed E-state index contributed by atoms with van der Waals surface area (Å²) in [5.74, 6) is 0. The van der Waals surface area contributed by atoms with Crippen molar-refractivity contribution in [2.24, 2.45) is 5.41 Å². The number of benzene rings is 1. The highest BCUT2D eigenvalue weighted by molar-refractivity contribution is 7.10. The summed E-state index contributed by atoms with van der Waals surface area (Å²) in [6, 6.07) is 7.18. The van der Waals surface area contributed by atoms with Gasteiger partial charge in [-0.2, -0.15) is 0 Å². The third kappa shape index (κ3) is 1.44. The zero-order valence-electron chi connectivity index (χ0n) is 15.2. The zero-order chi connectivity index (χ0) is 16.8. The van der Waals surface area contributed by atoms with Crippen LogP contribution < -0.4 is 4.90 Å². The summed E-state index contributed by atoms with van der Waals surface area (Å²) in [6.07, 6.45) is 0. The highest BCUT2D eigenvalue weighted by Gasteiger charge is 2.65. The summed E-state index contributed by atoms with van der Waals surface area (Å²) in [5, 5.41) is 0. The van der Waals surface area contributed by atoms with Crippen molar-refractivity contribution in [2.45, 2.75) is 65.5 Å². The van der Waals surface area contributed by atoms with E-state index in [1.54, 1.807) is 0 Å². The molecule has 0 saturated carbocycles. The minimum Gasteiger partial charge on any atom is -0.352 e. The van der Waals surface area contributed by atoms with Crippen LogP contribution in [0.1, 0.15) is 69.3 Å². The molecule has 0 aliphatic carbocycles. The summed E-state index contributed by atoms with van der Waals surface area (Å²) in [4.78, 5) is 8.95. The van der Waals surface area contributed by atoms with E-state index in [2.05, 4.69) is 71.6 Å². The number of nitrogens with zero attached hydrogens (tertiary/aromatic N) is 2. The lowest BCUT2D eigenvalue weighted by molar-refractivity contribution is 0.0627. The maximum atomic E-state index is 4.84. The molecule has 0 saturated heterocycles. The number of aromatic nitrogens is 1. The molecular formula is C20H26N2S. The Morgan fingerprint density at radius 1 is 1.13 bits per heavy atom. The topological polar surface area (TPSA) is 16.1 Å². The highest BCUT2D eigenvalue weighted by atomic mass is 32.1. The first-order valence-electron chi connectivity index (χ1n) is 8.49. The second-order valence-electron chi connectivity index (χ2n) is 8.40. The maximum Gasteiger partial charge on any atom is 0.0873 e. The highest BCUT2D eigenvalue weighted by Crippen LogP contribution is 2.67. The molecule has 0 amide bonds. The van der Waals surface area contributed by atoms with Crippen LogP contribution in [0.4, 0.5) is 5.69 Å². The van der Waals surface area contributed by atoms with E-state index >= 15 is 0 Å². The first-order valence-corrected chi connectivity index (χ1v) is 9.37. The zero-order valence-corrected chi connectivity index (χ0v) is 16.0. The van der Waals surface area contributed by atoms with Crippen molar-refractivity contribution in [1.29, 1.82) is 0 Å². The number of thiazole rings is 1. The van der Waals surface area contributed by atoms with Gasteiger partial charge in [-0.3, -0.25) is 0 Å². The van der Waals surface area contributed by atoms with Crippen LogP contribution in [0.3, 0.4) is 0 Å². The number of hydrogen-bond acceptors (Lipinski definition) is 3. The molecule has 2 aromatic rings. The summed E-state index contributed by atoms with van der Waals surface area (Å²) in [5.41, 5.74) is 7.66. The molecule has 3 heteroatoms. The molecule has 1 aromatic heterocycles. The first-order chi connectivity index (χ1) is 10.7. The van der Waals surface area contributed by atoms with Crippen molar-refractivity contribution < 1.29 is 0 Å². The molecule has 0 radical (unpaired) electrons. The average molecular weight is 327 g/mol. The molecule has 1 aromatic carbocycles. The Balaban J connectivity index is 2.15. The average Bonchev–Trinajstić information content (AvgIpc) is 3.03. The second-order valence-corrected chi connectivity index (χ2v) is 9.29. The van der Waals surface area contributed by atoms with Gasteiger partial charge in [0.05, 0.1) is 27.7 Å². The van der Waals surface area contributed by atoms with Crippen molar-refractivity contribution in [2.75, 3.05) is 4.90 Å². The van der Waals surface area contributed by atoms with Gasteiger partial charge in [0.25, 0.3) is 0 Å². The van der Waals surface area contributed by atoms with Crippen LogP contribution in [0.5, 0.6) is 0 Å². The summed E-state index contributed by atoms with van der Waals surface area (Å²) >= 11 is 1.81. The molecule has 3 heterocycles. The number of aryl methyl sites for hydroxylation is 1. The van der Waals surface area contributed by atoms with Gasteiger partial charge in [0.15, 0.2) is 0 Å². The van der Waals surface area contributed by atoms with Crippen LogP contribution in [0.25, 0.3) is 0 Å².